The number of allylic oxidation sites excluding steroid dienone is 7. The molecule has 0 amide bonds. The average Bonchev–Trinajstić information content (AvgIpc) is 3.56. The van der Waals surface area contributed by atoms with Gasteiger partial charge in [0, 0.05) is 49.8 Å². The van der Waals surface area contributed by atoms with E-state index >= 15 is 0 Å². The van der Waals surface area contributed by atoms with Gasteiger partial charge in [-0.25, -0.2) is 0 Å². The number of fused-ring (bicyclic) bond motifs is 1. The van der Waals surface area contributed by atoms with Crippen molar-refractivity contribution in [2.45, 2.75) is 78.3 Å². The van der Waals surface area contributed by atoms with Crippen LogP contribution in [-0.4, -0.2) is 10.6 Å². The van der Waals surface area contributed by atoms with E-state index in [1.807, 2.05) is 0 Å². The van der Waals surface area contributed by atoms with Gasteiger partial charge >= 0.3 is 0 Å². The minimum atomic E-state index is 0.411. The van der Waals surface area contributed by atoms with Crippen molar-refractivity contribution in [2.75, 3.05) is 5.32 Å². The molecule has 0 aliphatic heterocycles. The Bertz CT molecular complexity index is 2010. The molecule has 1 heterocycles. The summed E-state index contributed by atoms with van der Waals surface area (Å²) in [4.78, 5) is 0. The molecule has 2 unspecified atom stereocenters. The molecule has 3 heteroatoms. The lowest BCUT2D eigenvalue weighted by Crippen LogP contribution is -2.20. The van der Waals surface area contributed by atoms with Crippen molar-refractivity contribution in [1.29, 1.82) is 0 Å². The third kappa shape index (κ3) is 6.14. The van der Waals surface area contributed by atoms with E-state index in [0.717, 1.165) is 54.7 Å². The molecule has 2 atom stereocenters. The van der Waals surface area contributed by atoms with Crippen molar-refractivity contribution in [3.8, 4) is 0 Å². The smallest absolute Gasteiger partial charge is 0.0499 e. The van der Waals surface area contributed by atoms with Crippen molar-refractivity contribution in [3.05, 3.63) is 125 Å². The zero-order chi connectivity index (χ0) is 31.5. The summed E-state index contributed by atoms with van der Waals surface area (Å²) < 4.78 is 2.53. The monoisotopic (exact) mass is 612 g/mol. The van der Waals surface area contributed by atoms with Gasteiger partial charge in [0.25, 0.3) is 0 Å². The number of rotatable bonds is 11. The molecule has 0 bridgehead atoms. The Hall–Kier alpha value is -4.01. The fourth-order valence-electron chi connectivity index (χ4n) is 7.16. The van der Waals surface area contributed by atoms with Crippen LogP contribution < -0.4 is 10.7 Å². The Morgan fingerprint density at radius 3 is 2.31 bits per heavy atom. The molecule has 0 radical (unpaired) electrons. The van der Waals surface area contributed by atoms with Crippen molar-refractivity contribution >= 4 is 61.4 Å². The van der Waals surface area contributed by atoms with Gasteiger partial charge in [0.2, 0.25) is 0 Å². The highest BCUT2D eigenvalue weighted by atomic mass is 35.5. The van der Waals surface area contributed by atoms with Gasteiger partial charge in [0.1, 0.15) is 0 Å². The van der Waals surface area contributed by atoms with E-state index in [1.165, 1.54) is 54.6 Å². The highest BCUT2D eigenvalue weighted by Gasteiger charge is 2.18. The summed E-state index contributed by atoms with van der Waals surface area (Å²) in [6.07, 6.45) is 15.3. The number of anilines is 1. The van der Waals surface area contributed by atoms with E-state index in [-0.39, 0.29) is 0 Å². The van der Waals surface area contributed by atoms with Crippen LogP contribution >= 0.6 is 11.6 Å². The maximum Gasteiger partial charge on any atom is 0.0499 e. The predicted octanol–water partition coefficient (Wildman–Crippen LogP) is 11.9. The molecule has 1 aromatic heterocycles. The van der Waals surface area contributed by atoms with Gasteiger partial charge in [-0.15, -0.1) is 0 Å². The van der Waals surface area contributed by atoms with E-state index in [4.69, 9.17) is 11.6 Å². The number of benzene rings is 4. The normalized spacial score (nSPS) is 16.6. The molecule has 2 nitrogen and oxygen atoms in total. The maximum absolute atomic E-state index is 7.06. The summed E-state index contributed by atoms with van der Waals surface area (Å²) in [6.45, 7) is 13.6. The van der Waals surface area contributed by atoms with E-state index in [1.54, 1.807) is 0 Å². The molecule has 1 aliphatic carbocycles. The van der Waals surface area contributed by atoms with E-state index in [9.17, 15) is 0 Å². The zero-order valence-electron chi connectivity index (χ0n) is 27.2. The first kappa shape index (κ1) is 31.0. The SMILES string of the molecule is C=C(/C=C/C1=C(Cl)C(=C/C=c2\c3cccc4cccc(c43)n2C(C)CCC)/CC1)c1cccc2cccc(NC(C)CCC)c12. The molecule has 1 N–H and O–H groups in total. The lowest BCUT2D eigenvalue weighted by atomic mass is 9.96. The third-order valence-electron chi connectivity index (χ3n) is 9.35. The van der Waals surface area contributed by atoms with Crippen LogP contribution in [0.1, 0.15) is 77.8 Å². The second-order valence-corrected chi connectivity index (χ2v) is 13.1. The Morgan fingerprint density at radius 1 is 0.867 bits per heavy atom. The van der Waals surface area contributed by atoms with Crippen LogP contribution in [0.4, 0.5) is 5.69 Å². The second-order valence-electron chi connectivity index (χ2n) is 12.7. The largest absolute Gasteiger partial charge is 0.382 e. The minimum absolute atomic E-state index is 0.411. The van der Waals surface area contributed by atoms with Gasteiger partial charge in [-0.05, 0) is 90.8 Å². The highest BCUT2D eigenvalue weighted by Crippen LogP contribution is 2.37. The van der Waals surface area contributed by atoms with Crippen LogP contribution in [0.25, 0.3) is 44.1 Å². The van der Waals surface area contributed by atoms with E-state index in [0.29, 0.717) is 12.1 Å². The Balaban J connectivity index is 1.33. The number of hydrogen-bond donors (Lipinski definition) is 1. The van der Waals surface area contributed by atoms with Gasteiger partial charge in [-0.1, -0.05) is 124 Å². The minimum Gasteiger partial charge on any atom is -0.382 e. The summed E-state index contributed by atoms with van der Waals surface area (Å²) in [5.41, 5.74) is 7.00. The van der Waals surface area contributed by atoms with Gasteiger partial charge in [-0.3, -0.25) is 0 Å². The number of halogens is 1. The molecule has 0 fully saturated rings. The Labute approximate surface area is 273 Å². The fourth-order valence-corrected chi connectivity index (χ4v) is 7.48. The summed E-state index contributed by atoms with van der Waals surface area (Å²) >= 11 is 7.06. The highest BCUT2D eigenvalue weighted by molar-refractivity contribution is 6.33. The zero-order valence-corrected chi connectivity index (χ0v) is 27.9. The predicted molar refractivity (Wildman–Crippen MR) is 199 cm³/mol. The van der Waals surface area contributed by atoms with E-state index in [2.05, 4.69) is 141 Å². The van der Waals surface area contributed by atoms with Gasteiger partial charge in [-0.2, -0.15) is 0 Å². The van der Waals surface area contributed by atoms with Crippen LogP contribution in [0.15, 0.2) is 114 Å². The summed E-state index contributed by atoms with van der Waals surface area (Å²) in [5, 5.41) is 12.3. The lowest BCUT2D eigenvalue weighted by Gasteiger charge is -2.18. The number of nitrogens with zero attached hydrogens (tertiary/aromatic N) is 1. The molecule has 0 spiro atoms. The van der Waals surface area contributed by atoms with Crippen LogP contribution in [0, 0.1) is 0 Å². The second kappa shape index (κ2) is 13.5. The Kier molecular flexibility index (Phi) is 9.33. The first-order chi connectivity index (χ1) is 21.9. The lowest BCUT2D eigenvalue weighted by molar-refractivity contribution is 0.507. The summed E-state index contributed by atoms with van der Waals surface area (Å²) in [7, 11) is 0. The first-order valence-corrected chi connectivity index (χ1v) is 17.1. The molecular formula is C42H45ClN2. The molecule has 0 saturated heterocycles. The van der Waals surface area contributed by atoms with Crippen molar-refractivity contribution in [2.24, 2.45) is 0 Å². The maximum atomic E-state index is 7.06. The average molecular weight is 613 g/mol. The van der Waals surface area contributed by atoms with Crippen molar-refractivity contribution in [3.63, 3.8) is 0 Å². The number of aromatic nitrogens is 1. The summed E-state index contributed by atoms with van der Waals surface area (Å²) in [5.74, 6) is 0. The van der Waals surface area contributed by atoms with Crippen LogP contribution in [0.5, 0.6) is 0 Å². The van der Waals surface area contributed by atoms with Gasteiger partial charge in [0.15, 0.2) is 0 Å². The topological polar surface area (TPSA) is 17.0 Å². The van der Waals surface area contributed by atoms with Crippen molar-refractivity contribution in [1.82, 2.24) is 4.57 Å². The van der Waals surface area contributed by atoms with Gasteiger partial charge < -0.3 is 9.88 Å². The molecule has 230 valence electrons. The fraction of sp³-hybridized carbons (Fsp3) is 0.286. The van der Waals surface area contributed by atoms with Crippen LogP contribution in [0.2, 0.25) is 0 Å². The van der Waals surface area contributed by atoms with Crippen LogP contribution in [0.3, 0.4) is 0 Å². The standard InChI is InChI=1S/C42H45ClN2/c1-6-12-29(4)44-37-20-10-16-31-14-8-18-35(40(31)37)28(3)22-23-33-24-25-34(42(33)43)26-27-38-36-19-9-15-32-17-11-21-39(41(32)36)45(38)30(5)13-7-2/h8-11,14-23,26-27,29-30,44H,3,6-7,12-13,24-25H2,1-2,4-5H3/b23-22+,34-26+,38-27+. The molecule has 45 heavy (non-hydrogen) atoms. The molecule has 6 rings (SSSR count). The molecular weight excluding hydrogens is 568 g/mol. The van der Waals surface area contributed by atoms with Crippen LogP contribution in [-0.2, 0) is 0 Å². The molecule has 0 saturated carbocycles. The quantitative estimate of drug-likeness (QED) is 0.147. The molecule has 4 aromatic carbocycles. The first-order valence-electron chi connectivity index (χ1n) is 16.7. The molecule has 5 aromatic rings. The molecule has 1 aliphatic rings. The summed E-state index contributed by atoms with van der Waals surface area (Å²) in [6, 6.07) is 27.1. The third-order valence-corrected chi connectivity index (χ3v) is 9.84. The van der Waals surface area contributed by atoms with Crippen molar-refractivity contribution < 1.29 is 0 Å². The van der Waals surface area contributed by atoms with E-state index < -0.39 is 0 Å². The number of hydrogen-bond acceptors (Lipinski definition) is 1. The Morgan fingerprint density at radius 2 is 1.56 bits per heavy atom. The number of nitrogens with one attached hydrogen (secondary N) is 1. The van der Waals surface area contributed by atoms with Gasteiger partial charge in [0.05, 0.1) is 0 Å².